The number of hydrogen-bond acceptors (Lipinski definition) is 3. The Morgan fingerprint density at radius 3 is 2.85 bits per heavy atom. The molecule has 13 heavy (non-hydrogen) atoms. The summed E-state index contributed by atoms with van der Waals surface area (Å²) in [5.74, 6) is 0.389. The van der Waals surface area contributed by atoms with Crippen LogP contribution in [0.5, 0.6) is 0 Å². The molecule has 3 N–H and O–H groups in total. The fourth-order valence-electron chi connectivity index (χ4n) is 1.68. The maximum atomic E-state index is 10.2. The van der Waals surface area contributed by atoms with Gasteiger partial charge in [0, 0.05) is 18.9 Å². The third-order valence-corrected chi connectivity index (χ3v) is 2.71. The largest absolute Gasteiger partial charge is 0.386 e. The molecule has 72 valence electrons. The standard InChI is InChI=1S/C9H15N3O/c10-5-9(13,8-1-2-8)6-12-4-3-11-7-12/h3-4,7-8,13H,1-2,5-6,10H2. The monoisotopic (exact) mass is 181 g/mol. The Kier molecular flexibility index (Phi) is 2.09. The van der Waals surface area contributed by atoms with Crippen molar-refractivity contribution in [1.82, 2.24) is 9.55 Å². The molecule has 0 bridgehead atoms. The predicted octanol–water partition coefficient (Wildman–Crippen LogP) is -0.0171. The quantitative estimate of drug-likeness (QED) is 0.686. The summed E-state index contributed by atoms with van der Waals surface area (Å²) in [6.07, 6.45) is 7.47. The fraction of sp³-hybridized carbons (Fsp3) is 0.667. The Morgan fingerprint density at radius 1 is 1.62 bits per heavy atom. The molecule has 1 aromatic heterocycles. The Labute approximate surface area is 77.4 Å². The van der Waals surface area contributed by atoms with E-state index < -0.39 is 5.60 Å². The molecule has 4 nitrogen and oxygen atoms in total. The van der Waals surface area contributed by atoms with Crippen molar-refractivity contribution in [2.75, 3.05) is 6.54 Å². The smallest absolute Gasteiger partial charge is 0.0975 e. The van der Waals surface area contributed by atoms with Crippen molar-refractivity contribution in [3.63, 3.8) is 0 Å². The molecule has 2 rings (SSSR count). The van der Waals surface area contributed by atoms with Crippen LogP contribution in [0.15, 0.2) is 18.7 Å². The molecule has 1 unspecified atom stereocenters. The van der Waals surface area contributed by atoms with E-state index in [0.29, 0.717) is 19.0 Å². The molecule has 0 radical (unpaired) electrons. The summed E-state index contributed by atoms with van der Waals surface area (Å²) < 4.78 is 1.88. The third kappa shape index (κ3) is 1.73. The molecule has 1 aliphatic rings. The van der Waals surface area contributed by atoms with Gasteiger partial charge in [-0.05, 0) is 18.8 Å². The summed E-state index contributed by atoms with van der Waals surface area (Å²) in [5.41, 5.74) is 4.86. The highest BCUT2D eigenvalue weighted by Crippen LogP contribution is 2.39. The van der Waals surface area contributed by atoms with Gasteiger partial charge in [-0.1, -0.05) is 0 Å². The molecule has 0 aliphatic heterocycles. The lowest BCUT2D eigenvalue weighted by molar-refractivity contribution is 0.00937. The van der Waals surface area contributed by atoms with E-state index >= 15 is 0 Å². The van der Waals surface area contributed by atoms with E-state index in [9.17, 15) is 5.11 Å². The Morgan fingerprint density at radius 2 is 2.38 bits per heavy atom. The second kappa shape index (κ2) is 3.12. The molecule has 1 atom stereocenters. The summed E-state index contributed by atoms with van der Waals surface area (Å²) in [6.45, 7) is 0.893. The molecular weight excluding hydrogens is 166 g/mol. The minimum Gasteiger partial charge on any atom is -0.386 e. The highest BCUT2D eigenvalue weighted by molar-refractivity contribution is 4.96. The lowest BCUT2D eigenvalue weighted by Crippen LogP contribution is -2.43. The van der Waals surface area contributed by atoms with Gasteiger partial charge in [0.05, 0.1) is 18.5 Å². The van der Waals surface area contributed by atoms with Gasteiger partial charge in [-0.25, -0.2) is 4.98 Å². The maximum Gasteiger partial charge on any atom is 0.0975 e. The molecular formula is C9H15N3O. The summed E-state index contributed by atoms with van der Waals surface area (Å²) >= 11 is 0. The molecule has 0 saturated heterocycles. The van der Waals surface area contributed by atoms with E-state index in [1.54, 1.807) is 12.5 Å². The number of hydrogen-bond donors (Lipinski definition) is 2. The predicted molar refractivity (Wildman–Crippen MR) is 49.0 cm³/mol. The second-order valence-electron chi connectivity index (χ2n) is 3.82. The molecule has 0 spiro atoms. The maximum absolute atomic E-state index is 10.2. The van der Waals surface area contributed by atoms with Crippen LogP contribution >= 0.6 is 0 Å². The molecule has 1 saturated carbocycles. The molecule has 1 heterocycles. The summed E-state index contributed by atoms with van der Waals surface area (Å²) in [7, 11) is 0. The number of nitrogens with two attached hydrogens (primary N) is 1. The van der Waals surface area contributed by atoms with Crippen LogP contribution in [0.1, 0.15) is 12.8 Å². The first kappa shape index (κ1) is 8.72. The Bertz CT molecular complexity index is 268. The highest BCUT2D eigenvalue weighted by Gasteiger charge is 2.42. The van der Waals surface area contributed by atoms with Crippen molar-refractivity contribution in [1.29, 1.82) is 0 Å². The first-order valence-corrected chi connectivity index (χ1v) is 4.63. The van der Waals surface area contributed by atoms with Gasteiger partial charge in [-0.2, -0.15) is 0 Å². The van der Waals surface area contributed by atoms with Gasteiger partial charge < -0.3 is 15.4 Å². The SMILES string of the molecule is NCC(O)(Cn1ccnc1)C1CC1. The normalized spacial score (nSPS) is 21.4. The van der Waals surface area contributed by atoms with Gasteiger partial charge in [0.25, 0.3) is 0 Å². The zero-order valence-electron chi connectivity index (χ0n) is 7.56. The topological polar surface area (TPSA) is 64.1 Å². The van der Waals surface area contributed by atoms with Crippen molar-refractivity contribution >= 4 is 0 Å². The number of imidazole rings is 1. The van der Waals surface area contributed by atoms with Gasteiger partial charge in [0.1, 0.15) is 0 Å². The second-order valence-corrected chi connectivity index (χ2v) is 3.82. The van der Waals surface area contributed by atoms with E-state index in [2.05, 4.69) is 4.98 Å². The lowest BCUT2D eigenvalue weighted by Gasteiger charge is -2.26. The Balaban J connectivity index is 2.05. The van der Waals surface area contributed by atoms with Crippen LogP contribution < -0.4 is 5.73 Å². The number of nitrogens with zero attached hydrogens (tertiary/aromatic N) is 2. The van der Waals surface area contributed by atoms with Gasteiger partial charge in [0.2, 0.25) is 0 Å². The zero-order valence-corrected chi connectivity index (χ0v) is 7.56. The zero-order chi connectivity index (χ0) is 9.31. The van der Waals surface area contributed by atoms with Crippen molar-refractivity contribution in [2.45, 2.75) is 25.0 Å². The summed E-state index contributed by atoms with van der Waals surface area (Å²) in [4.78, 5) is 3.93. The minimum absolute atomic E-state index is 0.329. The summed E-state index contributed by atoms with van der Waals surface area (Å²) in [6, 6.07) is 0. The third-order valence-electron chi connectivity index (χ3n) is 2.71. The van der Waals surface area contributed by atoms with Gasteiger partial charge in [-0.15, -0.1) is 0 Å². The van der Waals surface area contributed by atoms with Crippen LogP contribution in [0.3, 0.4) is 0 Å². The average Bonchev–Trinajstić information content (AvgIpc) is 2.88. The van der Waals surface area contributed by atoms with E-state index in [0.717, 1.165) is 12.8 Å². The van der Waals surface area contributed by atoms with Crippen molar-refractivity contribution in [3.05, 3.63) is 18.7 Å². The van der Waals surface area contributed by atoms with Crippen LogP contribution in [-0.4, -0.2) is 26.8 Å². The van der Waals surface area contributed by atoms with Crippen LogP contribution in [0, 0.1) is 5.92 Å². The minimum atomic E-state index is -0.722. The van der Waals surface area contributed by atoms with E-state index in [4.69, 9.17) is 5.73 Å². The van der Waals surface area contributed by atoms with Crippen molar-refractivity contribution < 1.29 is 5.11 Å². The van der Waals surface area contributed by atoms with Gasteiger partial charge in [-0.3, -0.25) is 0 Å². The first-order chi connectivity index (χ1) is 6.24. The Hall–Kier alpha value is -0.870. The number of aromatic nitrogens is 2. The van der Waals surface area contributed by atoms with Crippen LogP contribution in [0.4, 0.5) is 0 Å². The van der Waals surface area contributed by atoms with Gasteiger partial charge >= 0.3 is 0 Å². The first-order valence-electron chi connectivity index (χ1n) is 4.63. The fourth-order valence-corrected chi connectivity index (χ4v) is 1.68. The average molecular weight is 181 g/mol. The van der Waals surface area contributed by atoms with E-state index in [1.165, 1.54) is 0 Å². The number of rotatable bonds is 4. The van der Waals surface area contributed by atoms with Crippen LogP contribution in [0.2, 0.25) is 0 Å². The highest BCUT2D eigenvalue weighted by atomic mass is 16.3. The molecule has 1 aliphatic carbocycles. The van der Waals surface area contributed by atoms with E-state index in [1.807, 2.05) is 10.8 Å². The molecule has 1 fully saturated rings. The van der Waals surface area contributed by atoms with E-state index in [-0.39, 0.29) is 0 Å². The van der Waals surface area contributed by atoms with Crippen LogP contribution in [-0.2, 0) is 6.54 Å². The van der Waals surface area contributed by atoms with Crippen molar-refractivity contribution in [3.8, 4) is 0 Å². The number of aliphatic hydroxyl groups is 1. The van der Waals surface area contributed by atoms with Crippen LogP contribution in [0.25, 0.3) is 0 Å². The molecule has 0 aromatic carbocycles. The lowest BCUT2D eigenvalue weighted by atomic mass is 9.98. The molecule has 1 aromatic rings. The van der Waals surface area contributed by atoms with Gasteiger partial charge in [0.15, 0.2) is 0 Å². The van der Waals surface area contributed by atoms with Crippen molar-refractivity contribution in [2.24, 2.45) is 11.7 Å². The molecule has 0 amide bonds. The summed E-state index contributed by atoms with van der Waals surface area (Å²) in [5, 5.41) is 10.2. The molecule has 4 heteroatoms.